The number of hydrogen-bond acceptors (Lipinski definition) is 15. The van der Waals surface area contributed by atoms with Crippen molar-refractivity contribution >= 4 is 39.5 Å². The lowest BCUT2D eigenvalue weighted by Gasteiger charge is -2.21. The molecule has 0 saturated carbocycles. The number of unbranched alkanes of at least 4 members (excludes halogenated alkanes) is 52. The van der Waals surface area contributed by atoms with Gasteiger partial charge in [-0.1, -0.05) is 414 Å². The van der Waals surface area contributed by atoms with Gasteiger partial charge in [-0.2, -0.15) is 0 Å². The van der Waals surface area contributed by atoms with Crippen LogP contribution in [0.5, 0.6) is 0 Å². The third-order valence-corrected chi connectivity index (χ3v) is 23.3. The van der Waals surface area contributed by atoms with Gasteiger partial charge < -0.3 is 33.8 Å². The highest BCUT2D eigenvalue weighted by Gasteiger charge is 2.31. The summed E-state index contributed by atoms with van der Waals surface area (Å²) in [6, 6.07) is 0. The number of ether oxygens (including phenoxy) is 4. The van der Waals surface area contributed by atoms with Crippen LogP contribution in [0.25, 0.3) is 0 Å². The third-order valence-electron chi connectivity index (χ3n) is 21.4. The molecule has 0 aliphatic heterocycles. The summed E-state index contributed by atoms with van der Waals surface area (Å²) in [5.41, 5.74) is 0. The lowest BCUT2D eigenvalue weighted by atomic mass is 9.99. The van der Waals surface area contributed by atoms with E-state index in [1.165, 1.54) is 270 Å². The quantitative estimate of drug-likeness (QED) is 0.0222. The first-order valence-corrected chi connectivity index (χ1v) is 48.4. The van der Waals surface area contributed by atoms with E-state index in [-0.39, 0.29) is 25.7 Å². The number of carbonyl (C=O) groups excluding carboxylic acids is 4. The Morgan fingerprint density at radius 2 is 0.477 bits per heavy atom. The van der Waals surface area contributed by atoms with Crippen molar-refractivity contribution in [3.8, 4) is 0 Å². The Balaban J connectivity index is 5.18. The van der Waals surface area contributed by atoms with Gasteiger partial charge in [0.1, 0.15) is 19.3 Å². The van der Waals surface area contributed by atoms with Crippen molar-refractivity contribution in [2.45, 2.75) is 484 Å². The number of hydrogen-bond donors (Lipinski definition) is 3. The van der Waals surface area contributed by atoms with Crippen molar-refractivity contribution in [2.75, 3.05) is 39.6 Å². The van der Waals surface area contributed by atoms with Gasteiger partial charge in [-0.3, -0.25) is 37.3 Å². The molecule has 0 radical (unpaired) electrons. The molecule has 0 heterocycles. The monoisotopic (exact) mass is 1560 g/mol. The lowest BCUT2D eigenvalue weighted by Crippen LogP contribution is -2.30. The average Bonchev–Trinajstić information content (AvgIpc) is 0.901. The van der Waals surface area contributed by atoms with Crippen LogP contribution in [0.2, 0.25) is 0 Å². The maximum Gasteiger partial charge on any atom is 0.472 e. The molecule has 7 atom stereocenters. The summed E-state index contributed by atoms with van der Waals surface area (Å²) in [4.78, 5) is 73.2. The van der Waals surface area contributed by atoms with E-state index in [4.69, 9.17) is 37.0 Å². The summed E-state index contributed by atoms with van der Waals surface area (Å²) in [6.07, 6.45) is 69.5. The van der Waals surface area contributed by atoms with Gasteiger partial charge in [-0.25, -0.2) is 9.13 Å². The molecule has 0 rings (SSSR count). The second-order valence-electron chi connectivity index (χ2n) is 32.6. The van der Waals surface area contributed by atoms with Gasteiger partial charge in [-0.05, 0) is 43.4 Å². The zero-order chi connectivity index (χ0) is 78.6. The van der Waals surface area contributed by atoms with Crippen LogP contribution in [-0.4, -0.2) is 96.7 Å². The molecular weight excluding hydrogens is 1390 g/mol. The maximum atomic E-state index is 13.2. The van der Waals surface area contributed by atoms with Crippen molar-refractivity contribution in [3.63, 3.8) is 0 Å². The van der Waals surface area contributed by atoms with Crippen molar-refractivity contribution in [3.05, 3.63) is 0 Å². The van der Waals surface area contributed by atoms with Crippen LogP contribution in [0, 0.1) is 17.8 Å². The first kappa shape index (κ1) is 105. The highest BCUT2D eigenvalue weighted by atomic mass is 31.2. The first-order chi connectivity index (χ1) is 51.8. The first-order valence-electron chi connectivity index (χ1n) is 45.4. The number of phosphoric acid groups is 2. The smallest absolute Gasteiger partial charge is 0.462 e. The van der Waals surface area contributed by atoms with E-state index >= 15 is 0 Å². The topological polar surface area (TPSA) is 237 Å². The predicted octanol–water partition coefficient (Wildman–Crippen LogP) is 26.9. The number of aliphatic hydroxyl groups excluding tert-OH is 1. The highest BCUT2D eigenvalue weighted by Crippen LogP contribution is 2.45. The molecule has 0 aromatic carbocycles. The van der Waals surface area contributed by atoms with E-state index < -0.39 is 97.5 Å². The standard InChI is InChI=1S/C88H172O17P2/c1-8-11-12-13-14-48-55-62-69-85(90)98-75-83(104-88(93)72-65-58-51-44-38-32-31-33-39-45-52-59-66-79(4)5)77-102-106(94,95)100-73-82(89)74-101-107(96,97)103-78-84(105-87(92)71-64-57-50-43-37-30-26-22-18-16-20-24-28-35-41-47-54-61-68-81(7)10-3)76-99-86(91)70-63-56-49-42-36-29-25-21-17-15-19-23-27-34-40-46-53-60-67-80(6)9-2/h79-84,89H,8-78H2,1-7H3,(H,94,95)(H,96,97)/t80?,81?,82-,83+,84+/m0/s1. The molecule has 0 bridgehead atoms. The van der Waals surface area contributed by atoms with E-state index in [0.29, 0.717) is 25.7 Å². The minimum atomic E-state index is -4.97. The van der Waals surface area contributed by atoms with Gasteiger partial charge in [0.05, 0.1) is 26.4 Å². The molecule has 17 nitrogen and oxygen atoms in total. The molecule has 0 aromatic heterocycles. The van der Waals surface area contributed by atoms with Gasteiger partial charge in [0.25, 0.3) is 0 Å². The fraction of sp³-hybridized carbons (Fsp3) is 0.955. The number of esters is 4. The molecule has 19 heteroatoms. The molecule has 0 amide bonds. The molecule has 0 saturated heterocycles. The number of phosphoric ester groups is 2. The second kappa shape index (κ2) is 78.0. The van der Waals surface area contributed by atoms with Crippen LogP contribution < -0.4 is 0 Å². The SMILES string of the molecule is CCCCCCCCCCC(=O)OC[C@H](COP(=O)(O)OC[C@H](O)COP(=O)(O)OC[C@@H](COC(=O)CCCCCCCCCCCCCCCCCCCCC(C)CC)OC(=O)CCCCCCCCCCCCCCCCCCCCC(C)CC)OC(=O)CCCCCCCCCCCCCCC(C)C. The minimum absolute atomic E-state index is 0.107. The number of rotatable bonds is 86. The summed E-state index contributed by atoms with van der Waals surface area (Å²) >= 11 is 0. The molecule has 0 spiro atoms. The van der Waals surface area contributed by atoms with Crippen LogP contribution in [0.4, 0.5) is 0 Å². The molecular formula is C88H172O17P2. The maximum absolute atomic E-state index is 13.2. The van der Waals surface area contributed by atoms with Crippen LogP contribution in [-0.2, 0) is 65.4 Å². The summed E-state index contributed by atoms with van der Waals surface area (Å²) in [5, 5.41) is 10.7. The van der Waals surface area contributed by atoms with Crippen LogP contribution in [0.1, 0.15) is 466 Å². The fourth-order valence-electron chi connectivity index (χ4n) is 13.7. The zero-order valence-electron chi connectivity index (χ0n) is 70.6. The lowest BCUT2D eigenvalue weighted by molar-refractivity contribution is -0.161. The van der Waals surface area contributed by atoms with Crippen LogP contribution >= 0.6 is 15.6 Å². The van der Waals surface area contributed by atoms with Crippen molar-refractivity contribution in [1.29, 1.82) is 0 Å². The fourth-order valence-corrected chi connectivity index (χ4v) is 15.2. The van der Waals surface area contributed by atoms with Crippen molar-refractivity contribution < 1.29 is 80.2 Å². The minimum Gasteiger partial charge on any atom is -0.462 e. The van der Waals surface area contributed by atoms with Gasteiger partial charge in [0.2, 0.25) is 0 Å². The van der Waals surface area contributed by atoms with Gasteiger partial charge in [-0.15, -0.1) is 0 Å². The summed E-state index contributed by atoms with van der Waals surface area (Å²) < 4.78 is 68.8. The van der Waals surface area contributed by atoms with E-state index in [9.17, 15) is 43.2 Å². The molecule has 0 aromatic rings. The van der Waals surface area contributed by atoms with Crippen molar-refractivity contribution in [1.82, 2.24) is 0 Å². The summed E-state index contributed by atoms with van der Waals surface area (Å²) in [6.45, 7) is 12.1. The van der Waals surface area contributed by atoms with Crippen LogP contribution in [0.15, 0.2) is 0 Å². The van der Waals surface area contributed by atoms with Gasteiger partial charge >= 0.3 is 39.5 Å². The Hall–Kier alpha value is -1.94. The largest absolute Gasteiger partial charge is 0.472 e. The van der Waals surface area contributed by atoms with E-state index in [0.717, 1.165) is 114 Å². The molecule has 636 valence electrons. The van der Waals surface area contributed by atoms with Gasteiger partial charge in [0.15, 0.2) is 12.2 Å². The number of aliphatic hydroxyl groups is 1. The summed E-state index contributed by atoms with van der Waals surface area (Å²) in [7, 11) is -9.93. The molecule has 0 aliphatic rings. The Kier molecular flexibility index (Phi) is 76.6. The van der Waals surface area contributed by atoms with E-state index in [2.05, 4.69) is 48.5 Å². The van der Waals surface area contributed by atoms with E-state index in [1.807, 2.05) is 0 Å². The number of carbonyl (C=O) groups is 4. The zero-order valence-corrected chi connectivity index (χ0v) is 72.4. The Morgan fingerprint density at radius 1 is 0.271 bits per heavy atom. The molecule has 0 fully saturated rings. The third kappa shape index (κ3) is 79.1. The van der Waals surface area contributed by atoms with Gasteiger partial charge in [0, 0.05) is 25.7 Å². The second-order valence-corrected chi connectivity index (χ2v) is 35.5. The van der Waals surface area contributed by atoms with Crippen molar-refractivity contribution in [2.24, 2.45) is 17.8 Å². The normalized spacial score (nSPS) is 14.3. The Bertz CT molecular complexity index is 2060. The average molecular weight is 1560 g/mol. The van der Waals surface area contributed by atoms with Crippen LogP contribution in [0.3, 0.4) is 0 Å². The molecule has 4 unspecified atom stereocenters. The van der Waals surface area contributed by atoms with E-state index in [1.54, 1.807) is 0 Å². The highest BCUT2D eigenvalue weighted by molar-refractivity contribution is 7.47. The predicted molar refractivity (Wildman–Crippen MR) is 441 cm³/mol. The summed E-state index contributed by atoms with van der Waals surface area (Å²) in [5.74, 6) is 0.416. The Morgan fingerprint density at radius 3 is 0.710 bits per heavy atom. The molecule has 3 N–H and O–H groups in total. The molecule has 107 heavy (non-hydrogen) atoms. The Labute approximate surface area is 658 Å². The molecule has 0 aliphatic carbocycles.